The fourth-order valence-corrected chi connectivity index (χ4v) is 7.44. The highest BCUT2D eigenvalue weighted by molar-refractivity contribution is 6.31. The van der Waals surface area contributed by atoms with Gasteiger partial charge in [0.15, 0.2) is 5.78 Å². The molecule has 12 nitrogen and oxygen atoms in total. The number of rotatable bonds is 10. The van der Waals surface area contributed by atoms with Crippen LogP contribution in [-0.2, 0) is 24.1 Å². The number of nitrogens with one attached hydrogen (secondary N) is 1. The maximum absolute atomic E-state index is 13.3. The zero-order chi connectivity index (χ0) is 46.7. The van der Waals surface area contributed by atoms with Crippen LogP contribution in [0.5, 0.6) is 0 Å². The van der Waals surface area contributed by atoms with Gasteiger partial charge in [0.25, 0.3) is 0 Å². The predicted molar refractivity (Wildman–Crippen MR) is 231 cm³/mol. The number of amides is 5. The van der Waals surface area contributed by atoms with E-state index in [1.807, 2.05) is 11.0 Å². The molecule has 344 valence electrons. The fourth-order valence-electron chi connectivity index (χ4n) is 7.07. The third-order valence-corrected chi connectivity index (χ3v) is 10.9. The Balaban J connectivity index is 0.000000215. The average Bonchev–Trinajstić information content (AvgIpc) is 3.81. The Morgan fingerprint density at radius 1 is 0.631 bits per heavy atom. The van der Waals surface area contributed by atoms with E-state index in [0.717, 1.165) is 49.7 Å². The lowest BCUT2D eigenvalue weighted by Crippen LogP contribution is -2.45. The maximum atomic E-state index is 13.3. The van der Waals surface area contributed by atoms with Crippen LogP contribution in [0.15, 0.2) is 101 Å². The molecule has 20 heteroatoms. The van der Waals surface area contributed by atoms with E-state index in [1.165, 1.54) is 12.1 Å². The third kappa shape index (κ3) is 13.4. The molecule has 2 fully saturated rings. The van der Waals surface area contributed by atoms with E-state index >= 15 is 0 Å². The summed E-state index contributed by atoms with van der Waals surface area (Å²) in [4.78, 5) is 56.4. The van der Waals surface area contributed by atoms with Crippen molar-refractivity contribution in [2.75, 3.05) is 42.5 Å². The van der Waals surface area contributed by atoms with Crippen LogP contribution in [0, 0.1) is 0 Å². The number of hydrogen-bond donors (Lipinski definition) is 1. The Labute approximate surface area is 380 Å². The molecule has 0 aliphatic carbocycles. The van der Waals surface area contributed by atoms with Crippen LogP contribution in [0.1, 0.15) is 65.9 Å². The van der Waals surface area contributed by atoms with E-state index in [1.54, 1.807) is 98.9 Å². The number of carbonyl (C=O) groups excluding carboxylic acids is 4. The summed E-state index contributed by atoms with van der Waals surface area (Å²) in [6, 6.07) is 26.5. The zero-order valence-electron chi connectivity index (χ0n) is 34.7. The number of likely N-dealkylation sites (tertiary alicyclic amines) is 2. The SMILES string of the molecule is O=C(CNC(=O)C(F)(F)F)c1ccc(CN(C(=O)N2CCCCC2)c2cccc(Cl)c2)cc1.O=C(N1CCCCC1)N(Cc1ccc(-c2nnc(C(F)(F)F)o2)cc1)c1cccc(Cl)c1. The van der Waals surface area contributed by atoms with Crippen LogP contribution in [0.25, 0.3) is 11.5 Å². The second-order valence-electron chi connectivity index (χ2n) is 15.2. The highest BCUT2D eigenvalue weighted by atomic mass is 35.5. The van der Waals surface area contributed by atoms with Gasteiger partial charge in [0.05, 0.1) is 19.6 Å². The van der Waals surface area contributed by atoms with Crippen LogP contribution in [0.2, 0.25) is 10.0 Å². The van der Waals surface area contributed by atoms with Crippen molar-refractivity contribution in [1.29, 1.82) is 0 Å². The molecule has 2 aliphatic heterocycles. The normalized spacial score (nSPS) is 14.2. The zero-order valence-corrected chi connectivity index (χ0v) is 36.2. The summed E-state index contributed by atoms with van der Waals surface area (Å²) >= 11 is 12.3. The number of nitrogens with zero attached hydrogens (tertiary/aromatic N) is 6. The van der Waals surface area contributed by atoms with Crippen molar-refractivity contribution in [3.8, 4) is 11.5 Å². The van der Waals surface area contributed by atoms with Gasteiger partial charge in [0.1, 0.15) is 0 Å². The predicted octanol–water partition coefficient (Wildman–Crippen LogP) is 10.8. The molecule has 2 saturated heterocycles. The molecule has 0 bridgehead atoms. The van der Waals surface area contributed by atoms with Crippen LogP contribution in [-0.4, -0.2) is 82.6 Å². The molecule has 0 radical (unpaired) electrons. The van der Waals surface area contributed by atoms with Gasteiger partial charge in [-0.1, -0.05) is 71.7 Å². The second-order valence-corrected chi connectivity index (χ2v) is 16.1. The number of piperidine rings is 2. The van der Waals surface area contributed by atoms with E-state index in [4.69, 9.17) is 27.6 Å². The molecule has 4 aromatic carbocycles. The van der Waals surface area contributed by atoms with Gasteiger partial charge >= 0.3 is 36.2 Å². The quantitative estimate of drug-likeness (QED) is 0.109. The summed E-state index contributed by atoms with van der Waals surface area (Å²) in [6.45, 7) is 2.48. The third-order valence-electron chi connectivity index (χ3n) is 10.4. The largest absolute Gasteiger partial charge is 0.471 e. The summed E-state index contributed by atoms with van der Waals surface area (Å²) in [5, 5.41) is 9.09. The van der Waals surface area contributed by atoms with Gasteiger partial charge in [-0.15, -0.1) is 10.2 Å². The number of benzene rings is 4. The molecule has 5 amide bonds. The van der Waals surface area contributed by atoms with Gasteiger partial charge in [0.2, 0.25) is 5.89 Å². The molecule has 3 heterocycles. The highest BCUT2D eigenvalue weighted by Crippen LogP contribution is 2.31. The van der Waals surface area contributed by atoms with Gasteiger partial charge in [-0.3, -0.25) is 19.4 Å². The molecule has 2 aliphatic rings. The minimum Gasteiger partial charge on any atom is -0.413 e. The summed E-state index contributed by atoms with van der Waals surface area (Å²) in [5.41, 5.74) is 3.31. The van der Waals surface area contributed by atoms with Gasteiger partial charge in [-0.25, -0.2) is 9.59 Å². The number of carbonyl (C=O) groups is 4. The lowest BCUT2D eigenvalue weighted by molar-refractivity contribution is -0.173. The highest BCUT2D eigenvalue weighted by Gasteiger charge is 2.39. The standard InChI is InChI=1S/C23H23ClF3N3O3.C22H20ClF3N4O2/c24-18-5-4-6-19(13-18)30(22(33)29-11-2-1-3-12-29)15-16-7-9-17(10-8-16)20(31)14-28-21(32)23(25,26)27;23-17-5-4-6-18(13-17)30(21(31)29-11-2-1-3-12-29)14-15-7-9-16(10-8-15)19-27-28-20(32-19)22(24,25)26/h4-10,13H,1-3,11-12,14-15H2,(H,28,32);4-10,13H,1-3,11-12,14H2. The molecular formula is C45H43Cl2F6N7O5. The summed E-state index contributed by atoms with van der Waals surface area (Å²) < 4.78 is 79.6. The van der Waals surface area contributed by atoms with Crippen LogP contribution in [0.4, 0.5) is 47.3 Å². The maximum Gasteiger partial charge on any atom is 0.471 e. The van der Waals surface area contributed by atoms with Crippen molar-refractivity contribution in [2.24, 2.45) is 0 Å². The van der Waals surface area contributed by atoms with Crippen LogP contribution in [0.3, 0.4) is 0 Å². The van der Waals surface area contributed by atoms with Crippen molar-refractivity contribution in [3.05, 3.63) is 130 Å². The smallest absolute Gasteiger partial charge is 0.413 e. The molecule has 1 aromatic heterocycles. The van der Waals surface area contributed by atoms with Gasteiger partial charge in [-0.2, -0.15) is 26.3 Å². The number of hydrogen-bond acceptors (Lipinski definition) is 7. The van der Waals surface area contributed by atoms with Crippen molar-refractivity contribution >= 4 is 58.3 Å². The van der Waals surface area contributed by atoms with E-state index in [2.05, 4.69) is 10.2 Å². The number of aromatic nitrogens is 2. The minimum absolute atomic E-state index is 0.109. The number of Topliss-reactive ketones (excluding diaryl/α,β-unsaturated/α-hetero) is 1. The van der Waals surface area contributed by atoms with Crippen molar-refractivity contribution in [3.63, 3.8) is 0 Å². The van der Waals surface area contributed by atoms with Gasteiger partial charge in [-0.05, 0) is 98.2 Å². The lowest BCUT2D eigenvalue weighted by Gasteiger charge is -2.33. The molecule has 5 aromatic rings. The van der Waals surface area contributed by atoms with Gasteiger partial charge < -0.3 is 19.5 Å². The molecule has 65 heavy (non-hydrogen) atoms. The Bertz CT molecular complexity index is 2420. The minimum atomic E-state index is -5.05. The van der Waals surface area contributed by atoms with Crippen molar-refractivity contribution in [2.45, 2.75) is 64.0 Å². The Morgan fingerprint density at radius 2 is 1.09 bits per heavy atom. The first-order valence-electron chi connectivity index (χ1n) is 20.6. The van der Waals surface area contributed by atoms with Crippen LogP contribution >= 0.6 is 23.2 Å². The van der Waals surface area contributed by atoms with Gasteiger partial charge in [0, 0.05) is 58.7 Å². The summed E-state index contributed by atoms with van der Waals surface area (Å²) in [6.07, 6.45) is -3.74. The lowest BCUT2D eigenvalue weighted by atomic mass is 10.1. The van der Waals surface area contributed by atoms with E-state index < -0.39 is 36.5 Å². The Kier molecular flexibility index (Phi) is 16.1. The average molecular weight is 947 g/mol. The van der Waals surface area contributed by atoms with E-state index in [0.29, 0.717) is 53.2 Å². The topological polar surface area (TPSA) is 132 Å². The second kappa shape index (κ2) is 21.7. The van der Waals surface area contributed by atoms with Crippen LogP contribution < -0.4 is 15.1 Å². The first-order chi connectivity index (χ1) is 31.0. The number of alkyl halides is 6. The molecular weight excluding hydrogens is 903 g/mol. The number of anilines is 2. The molecule has 0 saturated carbocycles. The first kappa shape index (κ1) is 48.3. The van der Waals surface area contributed by atoms with Crippen molar-refractivity contribution < 1.29 is 49.9 Å². The number of halogens is 8. The monoisotopic (exact) mass is 945 g/mol. The molecule has 1 N–H and O–H groups in total. The molecule has 0 unspecified atom stereocenters. The van der Waals surface area contributed by atoms with E-state index in [9.17, 15) is 45.5 Å². The van der Waals surface area contributed by atoms with Crippen molar-refractivity contribution in [1.82, 2.24) is 25.3 Å². The molecule has 0 atom stereocenters. The number of ketones is 1. The Morgan fingerprint density at radius 3 is 1.51 bits per heavy atom. The molecule has 7 rings (SSSR count). The summed E-state index contributed by atoms with van der Waals surface area (Å²) in [5.74, 6) is -4.44. The fraction of sp³-hybridized carbons (Fsp3) is 0.333. The first-order valence-corrected chi connectivity index (χ1v) is 21.3. The van der Waals surface area contributed by atoms with E-state index in [-0.39, 0.29) is 36.6 Å². The number of urea groups is 2. The molecule has 0 spiro atoms. The summed E-state index contributed by atoms with van der Waals surface area (Å²) in [7, 11) is 0. The Hall–Kier alpha value is -6.14.